The average Bonchev–Trinajstić information content (AvgIpc) is 2.48. The molecule has 1 aliphatic rings. The molecule has 0 N–H and O–H groups in total. The zero-order chi connectivity index (χ0) is 13.9. The van der Waals surface area contributed by atoms with E-state index in [1.54, 1.807) is 0 Å². The number of benzene rings is 2. The molecule has 1 heterocycles. The van der Waals surface area contributed by atoms with Crippen LogP contribution in [-0.2, 0) is 4.79 Å². The highest BCUT2D eigenvalue weighted by atomic mass is 79.9. The maximum Gasteiger partial charge on any atom is 0.246 e. The molecule has 0 unspecified atom stereocenters. The van der Waals surface area contributed by atoms with Crippen LogP contribution in [0.25, 0.3) is 0 Å². The third-order valence-electron chi connectivity index (χ3n) is 3.46. The maximum atomic E-state index is 12.3. The van der Waals surface area contributed by atoms with E-state index in [2.05, 4.69) is 20.8 Å². The van der Waals surface area contributed by atoms with Crippen LogP contribution in [0.15, 0.2) is 59.1 Å². The minimum Gasteiger partial charge on any atom is -0.360 e. The molecule has 102 valence electrons. The molecule has 0 atom stereocenters. The number of halogens is 1. The number of nitrogens with zero attached hydrogens (tertiary/aromatic N) is 2. The van der Waals surface area contributed by atoms with Crippen molar-refractivity contribution in [1.82, 2.24) is 0 Å². The van der Waals surface area contributed by atoms with Crippen molar-refractivity contribution < 1.29 is 4.79 Å². The highest BCUT2D eigenvalue weighted by Crippen LogP contribution is 2.23. The van der Waals surface area contributed by atoms with Gasteiger partial charge in [0.1, 0.15) is 0 Å². The molecule has 0 aliphatic carbocycles. The summed E-state index contributed by atoms with van der Waals surface area (Å²) >= 11 is 3.47. The van der Waals surface area contributed by atoms with Crippen molar-refractivity contribution in [3.8, 4) is 0 Å². The van der Waals surface area contributed by atoms with Crippen LogP contribution in [0.3, 0.4) is 0 Å². The predicted molar refractivity (Wildman–Crippen MR) is 85.2 cm³/mol. The number of piperazine rings is 1. The van der Waals surface area contributed by atoms with Gasteiger partial charge in [0.25, 0.3) is 0 Å². The van der Waals surface area contributed by atoms with Gasteiger partial charge in [-0.25, -0.2) is 0 Å². The third kappa shape index (κ3) is 2.70. The number of hydrogen-bond donors (Lipinski definition) is 0. The Morgan fingerprint density at radius 3 is 2.35 bits per heavy atom. The Balaban J connectivity index is 1.76. The van der Waals surface area contributed by atoms with E-state index in [9.17, 15) is 4.79 Å². The topological polar surface area (TPSA) is 23.6 Å². The SMILES string of the molecule is O=C1CN(c2cccc(Br)c2)CCN1c1ccccc1. The zero-order valence-electron chi connectivity index (χ0n) is 11.0. The average molecular weight is 331 g/mol. The zero-order valence-corrected chi connectivity index (χ0v) is 12.6. The second-order valence-corrected chi connectivity index (χ2v) is 5.70. The lowest BCUT2D eigenvalue weighted by atomic mass is 10.2. The Labute approximate surface area is 126 Å². The van der Waals surface area contributed by atoms with Gasteiger partial charge in [0, 0.05) is 28.9 Å². The van der Waals surface area contributed by atoms with Crippen molar-refractivity contribution in [3.63, 3.8) is 0 Å². The van der Waals surface area contributed by atoms with Crippen molar-refractivity contribution in [2.45, 2.75) is 0 Å². The fourth-order valence-corrected chi connectivity index (χ4v) is 2.83. The number of hydrogen-bond acceptors (Lipinski definition) is 2. The minimum absolute atomic E-state index is 0.141. The van der Waals surface area contributed by atoms with E-state index in [1.165, 1.54) is 0 Å². The summed E-state index contributed by atoms with van der Waals surface area (Å²) in [5.74, 6) is 0.141. The van der Waals surface area contributed by atoms with Gasteiger partial charge >= 0.3 is 0 Å². The monoisotopic (exact) mass is 330 g/mol. The normalized spacial score (nSPS) is 15.6. The van der Waals surface area contributed by atoms with Crippen LogP contribution in [-0.4, -0.2) is 25.5 Å². The summed E-state index contributed by atoms with van der Waals surface area (Å²) in [5.41, 5.74) is 2.06. The number of para-hydroxylation sites is 1. The smallest absolute Gasteiger partial charge is 0.246 e. The third-order valence-corrected chi connectivity index (χ3v) is 3.96. The lowest BCUT2D eigenvalue weighted by molar-refractivity contribution is -0.117. The number of carbonyl (C=O) groups excluding carboxylic acids is 1. The van der Waals surface area contributed by atoms with Gasteiger partial charge < -0.3 is 9.80 Å². The maximum absolute atomic E-state index is 12.3. The molecular formula is C16H15BrN2O. The van der Waals surface area contributed by atoms with Crippen LogP contribution in [0.5, 0.6) is 0 Å². The molecule has 3 rings (SSSR count). The van der Waals surface area contributed by atoms with Gasteiger partial charge in [-0.3, -0.25) is 4.79 Å². The molecule has 3 nitrogen and oxygen atoms in total. The molecule has 0 spiro atoms. The molecule has 1 saturated heterocycles. The van der Waals surface area contributed by atoms with Gasteiger partial charge in [0.15, 0.2) is 0 Å². The minimum atomic E-state index is 0.141. The van der Waals surface area contributed by atoms with E-state index in [1.807, 2.05) is 59.5 Å². The van der Waals surface area contributed by atoms with Crippen molar-refractivity contribution in [3.05, 3.63) is 59.1 Å². The molecule has 0 radical (unpaired) electrons. The molecule has 1 fully saturated rings. The van der Waals surface area contributed by atoms with E-state index >= 15 is 0 Å². The predicted octanol–water partition coefficient (Wildman–Crippen LogP) is 3.30. The number of rotatable bonds is 2. The van der Waals surface area contributed by atoms with Crippen LogP contribution in [0, 0.1) is 0 Å². The van der Waals surface area contributed by atoms with E-state index in [-0.39, 0.29) is 5.91 Å². The summed E-state index contributed by atoms with van der Waals surface area (Å²) in [6.07, 6.45) is 0. The Kier molecular flexibility index (Phi) is 3.74. The fraction of sp³-hybridized carbons (Fsp3) is 0.188. The molecule has 0 saturated carbocycles. The van der Waals surface area contributed by atoms with Gasteiger partial charge in [0.05, 0.1) is 6.54 Å². The summed E-state index contributed by atoms with van der Waals surface area (Å²) in [4.78, 5) is 16.3. The van der Waals surface area contributed by atoms with Crippen LogP contribution in [0.4, 0.5) is 11.4 Å². The molecule has 0 aromatic heterocycles. The van der Waals surface area contributed by atoms with Crippen LogP contribution >= 0.6 is 15.9 Å². The molecule has 20 heavy (non-hydrogen) atoms. The van der Waals surface area contributed by atoms with E-state index in [0.717, 1.165) is 28.9 Å². The molecule has 4 heteroatoms. The second-order valence-electron chi connectivity index (χ2n) is 4.78. The number of amides is 1. The van der Waals surface area contributed by atoms with E-state index in [0.29, 0.717) is 6.54 Å². The van der Waals surface area contributed by atoms with Gasteiger partial charge in [-0.05, 0) is 30.3 Å². The van der Waals surface area contributed by atoms with Crippen molar-refractivity contribution in [2.75, 3.05) is 29.4 Å². The van der Waals surface area contributed by atoms with Crippen molar-refractivity contribution >= 4 is 33.2 Å². The van der Waals surface area contributed by atoms with Gasteiger partial charge in [-0.2, -0.15) is 0 Å². The van der Waals surface area contributed by atoms with Crippen LogP contribution in [0.1, 0.15) is 0 Å². The molecule has 2 aromatic rings. The fourth-order valence-electron chi connectivity index (χ4n) is 2.45. The summed E-state index contributed by atoms with van der Waals surface area (Å²) in [6.45, 7) is 1.98. The largest absolute Gasteiger partial charge is 0.360 e. The summed E-state index contributed by atoms with van der Waals surface area (Å²) < 4.78 is 1.04. The Morgan fingerprint density at radius 2 is 1.65 bits per heavy atom. The summed E-state index contributed by atoms with van der Waals surface area (Å²) in [7, 11) is 0. The summed E-state index contributed by atoms with van der Waals surface area (Å²) in [5, 5.41) is 0. The number of anilines is 2. The Hall–Kier alpha value is -1.81. The molecule has 1 aliphatic heterocycles. The van der Waals surface area contributed by atoms with Crippen LogP contribution in [0.2, 0.25) is 0 Å². The first-order valence-corrected chi connectivity index (χ1v) is 7.39. The highest BCUT2D eigenvalue weighted by Gasteiger charge is 2.25. The first-order chi connectivity index (χ1) is 9.74. The van der Waals surface area contributed by atoms with Gasteiger partial charge in [-0.15, -0.1) is 0 Å². The molecule has 1 amide bonds. The van der Waals surface area contributed by atoms with E-state index in [4.69, 9.17) is 0 Å². The van der Waals surface area contributed by atoms with Gasteiger partial charge in [0.2, 0.25) is 5.91 Å². The lowest BCUT2D eigenvalue weighted by Gasteiger charge is -2.35. The summed E-state index contributed by atoms with van der Waals surface area (Å²) in [6, 6.07) is 17.9. The van der Waals surface area contributed by atoms with E-state index < -0.39 is 0 Å². The lowest BCUT2D eigenvalue weighted by Crippen LogP contribution is -2.50. The van der Waals surface area contributed by atoms with Gasteiger partial charge in [-0.1, -0.05) is 40.2 Å². The quantitative estimate of drug-likeness (QED) is 0.843. The first-order valence-electron chi connectivity index (χ1n) is 6.60. The first kappa shape index (κ1) is 13.2. The van der Waals surface area contributed by atoms with Crippen LogP contribution < -0.4 is 9.80 Å². The Bertz CT molecular complexity index is 615. The molecular weight excluding hydrogens is 316 g/mol. The molecule has 0 bridgehead atoms. The number of carbonyl (C=O) groups is 1. The second kappa shape index (κ2) is 5.67. The Morgan fingerprint density at radius 1 is 0.900 bits per heavy atom. The van der Waals surface area contributed by atoms with Crippen molar-refractivity contribution in [2.24, 2.45) is 0 Å². The molecule has 2 aromatic carbocycles. The standard InChI is InChI=1S/C16H15BrN2O/c17-13-5-4-8-15(11-13)18-9-10-19(16(20)12-18)14-6-2-1-3-7-14/h1-8,11H,9-10,12H2. The van der Waals surface area contributed by atoms with Crippen molar-refractivity contribution in [1.29, 1.82) is 0 Å². The highest BCUT2D eigenvalue weighted by molar-refractivity contribution is 9.10.